The SMILES string of the molecule is CC(C)COC(=O)n1ncc2cc(Nc3cc(-c4cccc(OCC(=O)NC5CC5)c4)nc(N4CCCC4)n3)ccc21. The van der Waals surface area contributed by atoms with Crippen LogP contribution in [0.15, 0.2) is 54.7 Å². The average Bonchev–Trinajstić information content (AvgIpc) is 3.44. The fourth-order valence-corrected chi connectivity index (χ4v) is 4.80. The van der Waals surface area contributed by atoms with Gasteiger partial charge in [0.15, 0.2) is 6.61 Å². The maximum absolute atomic E-state index is 12.5. The summed E-state index contributed by atoms with van der Waals surface area (Å²) < 4.78 is 12.4. The van der Waals surface area contributed by atoms with Gasteiger partial charge >= 0.3 is 6.09 Å². The molecule has 2 fully saturated rings. The molecule has 0 bridgehead atoms. The van der Waals surface area contributed by atoms with Gasteiger partial charge in [0.2, 0.25) is 5.95 Å². The molecule has 1 saturated heterocycles. The van der Waals surface area contributed by atoms with Gasteiger partial charge in [-0.15, -0.1) is 0 Å². The van der Waals surface area contributed by atoms with Gasteiger partial charge in [-0.05, 0) is 61.9 Å². The van der Waals surface area contributed by atoms with E-state index in [2.05, 4.69) is 20.6 Å². The molecular weight excluding hydrogens is 534 g/mol. The highest BCUT2D eigenvalue weighted by Gasteiger charge is 2.23. The van der Waals surface area contributed by atoms with Crippen molar-refractivity contribution in [1.82, 2.24) is 25.1 Å². The molecule has 0 atom stereocenters. The second kappa shape index (κ2) is 12.1. The Bertz CT molecular complexity index is 1590. The summed E-state index contributed by atoms with van der Waals surface area (Å²) in [6, 6.07) is 15.4. The summed E-state index contributed by atoms with van der Waals surface area (Å²) in [5.74, 6) is 2.03. The molecule has 11 nitrogen and oxygen atoms in total. The highest BCUT2D eigenvalue weighted by molar-refractivity contribution is 5.90. The number of ether oxygens (including phenoxy) is 2. The molecule has 1 saturated carbocycles. The number of nitrogens with one attached hydrogen (secondary N) is 2. The zero-order valence-electron chi connectivity index (χ0n) is 23.9. The van der Waals surface area contributed by atoms with Gasteiger partial charge in [0, 0.05) is 41.8 Å². The lowest BCUT2D eigenvalue weighted by Gasteiger charge is -2.18. The highest BCUT2D eigenvalue weighted by atomic mass is 16.6. The summed E-state index contributed by atoms with van der Waals surface area (Å²) in [7, 11) is 0. The molecule has 1 aliphatic carbocycles. The molecular formula is C31H35N7O4. The molecule has 2 N–H and O–H groups in total. The first-order valence-corrected chi connectivity index (χ1v) is 14.5. The third-order valence-corrected chi connectivity index (χ3v) is 7.10. The smallest absolute Gasteiger partial charge is 0.435 e. The maximum Gasteiger partial charge on any atom is 0.435 e. The molecule has 3 heterocycles. The normalized spacial score (nSPS) is 14.8. The van der Waals surface area contributed by atoms with Crippen molar-refractivity contribution < 1.29 is 19.1 Å². The van der Waals surface area contributed by atoms with Crippen LogP contribution in [0.25, 0.3) is 22.2 Å². The molecule has 0 radical (unpaired) electrons. The Morgan fingerprint density at radius 3 is 2.67 bits per heavy atom. The minimum atomic E-state index is -0.496. The molecule has 2 aliphatic rings. The zero-order valence-corrected chi connectivity index (χ0v) is 23.9. The van der Waals surface area contributed by atoms with E-state index < -0.39 is 6.09 Å². The molecule has 42 heavy (non-hydrogen) atoms. The Kier molecular flexibility index (Phi) is 7.89. The highest BCUT2D eigenvalue weighted by Crippen LogP contribution is 2.29. The fourth-order valence-electron chi connectivity index (χ4n) is 4.80. The number of anilines is 3. The van der Waals surface area contributed by atoms with Crippen LogP contribution < -0.4 is 20.3 Å². The number of nitrogens with zero attached hydrogens (tertiary/aromatic N) is 5. The van der Waals surface area contributed by atoms with Crippen molar-refractivity contribution in [2.75, 3.05) is 36.5 Å². The molecule has 1 amide bonds. The summed E-state index contributed by atoms with van der Waals surface area (Å²) in [5.41, 5.74) is 3.06. The van der Waals surface area contributed by atoms with Crippen LogP contribution in [0, 0.1) is 5.92 Å². The summed E-state index contributed by atoms with van der Waals surface area (Å²) in [6.45, 7) is 6.09. The van der Waals surface area contributed by atoms with Crippen molar-refractivity contribution in [1.29, 1.82) is 0 Å². The second-order valence-electron chi connectivity index (χ2n) is 11.2. The quantitative estimate of drug-likeness (QED) is 0.267. The van der Waals surface area contributed by atoms with Crippen molar-refractivity contribution in [2.24, 2.45) is 5.92 Å². The van der Waals surface area contributed by atoms with Gasteiger partial charge in [-0.25, -0.2) is 9.78 Å². The summed E-state index contributed by atoms with van der Waals surface area (Å²) in [4.78, 5) is 36.5. The Morgan fingerprint density at radius 2 is 1.88 bits per heavy atom. The molecule has 0 unspecified atom stereocenters. The Labute approximate surface area is 244 Å². The first kappa shape index (κ1) is 27.5. The monoisotopic (exact) mass is 569 g/mol. The number of carbonyl (C=O) groups excluding carboxylic acids is 2. The van der Waals surface area contributed by atoms with Gasteiger partial charge in [0.1, 0.15) is 11.6 Å². The standard InChI is InChI=1S/C31H35N7O4/c1-20(2)18-42-31(40)38-27-11-10-24(14-22(27)17-32-38)33-28-16-26(35-30(36-28)37-12-3-4-13-37)21-6-5-7-25(15-21)41-19-29(39)34-23-8-9-23/h5-7,10-11,14-17,20,23H,3-4,8-9,12-13,18-19H2,1-2H3,(H,34,39)(H,33,35,36). The second-order valence-corrected chi connectivity index (χ2v) is 11.2. The molecule has 4 aromatic rings. The van der Waals surface area contributed by atoms with Crippen LogP contribution in [0.2, 0.25) is 0 Å². The average molecular weight is 570 g/mol. The number of amides is 1. The zero-order chi connectivity index (χ0) is 29.1. The number of benzene rings is 2. The number of fused-ring (bicyclic) bond motifs is 1. The minimum Gasteiger partial charge on any atom is -0.484 e. The van der Waals surface area contributed by atoms with Crippen LogP contribution >= 0.6 is 0 Å². The Hall–Kier alpha value is -4.67. The number of rotatable bonds is 10. The van der Waals surface area contributed by atoms with E-state index in [0.29, 0.717) is 35.7 Å². The Morgan fingerprint density at radius 1 is 1.05 bits per heavy atom. The van der Waals surface area contributed by atoms with Crippen molar-refractivity contribution in [3.8, 4) is 17.0 Å². The van der Waals surface area contributed by atoms with Gasteiger partial charge in [0.05, 0.1) is 24.0 Å². The van der Waals surface area contributed by atoms with Crippen LogP contribution in [-0.2, 0) is 9.53 Å². The van der Waals surface area contributed by atoms with Crippen molar-refractivity contribution in [2.45, 2.75) is 45.6 Å². The van der Waals surface area contributed by atoms with Gasteiger partial charge in [-0.1, -0.05) is 26.0 Å². The van der Waals surface area contributed by atoms with E-state index in [-0.39, 0.29) is 18.4 Å². The van der Waals surface area contributed by atoms with Crippen LogP contribution in [0.5, 0.6) is 5.75 Å². The third-order valence-electron chi connectivity index (χ3n) is 7.10. The number of carbonyl (C=O) groups is 2. The third kappa shape index (κ3) is 6.62. The lowest BCUT2D eigenvalue weighted by Crippen LogP contribution is -2.30. The lowest BCUT2D eigenvalue weighted by atomic mass is 10.1. The van der Waals surface area contributed by atoms with Crippen LogP contribution in [0.1, 0.15) is 39.5 Å². The first-order valence-electron chi connectivity index (χ1n) is 14.5. The predicted molar refractivity (Wildman–Crippen MR) is 160 cm³/mol. The van der Waals surface area contributed by atoms with Crippen LogP contribution in [0.4, 0.5) is 22.2 Å². The minimum absolute atomic E-state index is 0.0237. The van der Waals surface area contributed by atoms with Gasteiger partial charge in [0.25, 0.3) is 5.91 Å². The molecule has 1 aliphatic heterocycles. The molecule has 218 valence electrons. The number of hydrogen-bond acceptors (Lipinski definition) is 9. The van der Waals surface area contributed by atoms with E-state index in [1.165, 1.54) is 4.68 Å². The summed E-state index contributed by atoms with van der Waals surface area (Å²) in [6.07, 6.45) is 5.43. The topological polar surface area (TPSA) is 124 Å². The molecule has 2 aromatic heterocycles. The van der Waals surface area contributed by atoms with E-state index in [9.17, 15) is 9.59 Å². The molecule has 2 aromatic carbocycles. The Balaban J connectivity index is 1.23. The predicted octanol–water partition coefficient (Wildman–Crippen LogP) is 5.14. The first-order chi connectivity index (χ1) is 20.4. The van der Waals surface area contributed by atoms with Gasteiger partial charge < -0.3 is 25.0 Å². The summed E-state index contributed by atoms with van der Waals surface area (Å²) >= 11 is 0. The number of hydrogen-bond donors (Lipinski definition) is 2. The van der Waals surface area contributed by atoms with E-state index in [0.717, 1.165) is 61.1 Å². The van der Waals surface area contributed by atoms with Crippen molar-refractivity contribution >= 4 is 40.4 Å². The fraction of sp³-hybridized carbons (Fsp3) is 0.387. The van der Waals surface area contributed by atoms with Crippen molar-refractivity contribution in [3.05, 3.63) is 54.7 Å². The van der Waals surface area contributed by atoms with E-state index >= 15 is 0 Å². The lowest BCUT2D eigenvalue weighted by molar-refractivity contribution is -0.123. The number of aromatic nitrogens is 4. The van der Waals surface area contributed by atoms with Crippen LogP contribution in [-0.4, -0.2) is 64.1 Å². The van der Waals surface area contributed by atoms with Gasteiger partial charge in [-0.2, -0.15) is 14.8 Å². The molecule has 0 spiro atoms. The van der Waals surface area contributed by atoms with E-state index in [4.69, 9.17) is 19.4 Å². The summed E-state index contributed by atoms with van der Waals surface area (Å²) in [5, 5.41) is 11.4. The molecule has 6 rings (SSSR count). The van der Waals surface area contributed by atoms with Crippen LogP contribution in [0.3, 0.4) is 0 Å². The van der Waals surface area contributed by atoms with E-state index in [1.807, 2.05) is 62.4 Å². The van der Waals surface area contributed by atoms with Gasteiger partial charge in [-0.3, -0.25) is 4.79 Å². The van der Waals surface area contributed by atoms with Crippen molar-refractivity contribution in [3.63, 3.8) is 0 Å². The maximum atomic E-state index is 12.5. The molecule has 11 heteroatoms. The largest absolute Gasteiger partial charge is 0.484 e. The van der Waals surface area contributed by atoms with E-state index in [1.54, 1.807) is 6.20 Å².